The molecule has 11 heteroatoms. The van der Waals surface area contributed by atoms with Crippen LogP contribution in [0, 0.1) is 36.0 Å². The summed E-state index contributed by atoms with van der Waals surface area (Å²) in [5, 5.41) is 10.1. The number of carbonyl (C=O) groups excluding carboxylic acids is 1. The van der Waals surface area contributed by atoms with Crippen LogP contribution in [-0.4, -0.2) is 58.4 Å². The van der Waals surface area contributed by atoms with Gasteiger partial charge in [0.1, 0.15) is 10.7 Å². The number of carboxylic acids is 1. The maximum Gasteiger partial charge on any atom is 0.348 e. The van der Waals surface area contributed by atoms with Crippen molar-refractivity contribution < 1.29 is 23.1 Å². The summed E-state index contributed by atoms with van der Waals surface area (Å²) in [5.41, 5.74) is 0.0404. The first kappa shape index (κ1) is 29.3. The smallest absolute Gasteiger partial charge is 0.348 e. The first-order valence-corrected chi connectivity index (χ1v) is 15.7. The molecule has 2 aromatic heterocycles. The molecule has 1 unspecified atom stereocenters. The van der Waals surface area contributed by atoms with Gasteiger partial charge in [-0.15, -0.1) is 11.3 Å². The number of thiophene rings is 1. The number of hydrogen-bond donors (Lipinski definition) is 1. The average molecular weight is 575 g/mol. The van der Waals surface area contributed by atoms with E-state index in [-0.39, 0.29) is 40.2 Å². The third-order valence-electron chi connectivity index (χ3n) is 7.51. The Bertz CT molecular complexity index is 1400. The number of aromatic carboxylic acids is 1. The molecule has 0 aromatic carbocycles. The highest BCUT2D eigenvalue weighted by atomic mass is 32.2. The lowest BCUT2D eigenvalue weighted by Crippen LogP contribution is -2.46. The number of rotatable bonds is 6. The van der Waals surface area contributed by atoms with E-state index in [0.717, 1.165) is 37.0 Å². The van der Waals surface area contributed by atoms with Crippen molar-refractivity contribution in [2.24, 2.45) is 24.3 Å². The standard InChI is InChI=1S/C28H38N4O5S2/c1-18-7-9-20(10-8-18)26(33)32(23-15-22(11-13-28(3,4)5)38-25(23)27(34)35)21-12-14-31(16-21)39(36,37)24-17-30(6)19(2)29-24/h15,17-18,20-21H,7-10,12,14,16H2,1-6H3,(H,34,35). The van der Waals surface area contributed by atoms with Gasteiger partial charge < -0.3 is 14.6 Å². The van der Waals surface area contributed by atoms with E-state index in [9.17, 15) is 23.1 Å². The minimum Gasteiger partial charge on any atom is -0.477 e. The summed E-state index contributed by atoms with van der Waals surface area (Å²) in [5.74, 6) is 5.88. The first-order chi connectivity index (χ1) is 18.2. The van der Waals surface area contributed by atoms with Crippen molar-refractivity contribution in [2.45, 2.75) is 77.8 Å². The number of anilines is 1. The molecule has 0 bridgehead atoms. The Labute approximate surface area is 235 Å². The zero-order valence-corrected chi connectivity index (χ0v) is 25.2. The van der Waals surface area contributed by atoms with Gasteiger partial charge in [0.25, 0.3) is 10.0 Å². The summed E-state index contributed by atoms with van der Waals surface area (Å²) < 4.78 is 29.8. The highest BCUT2D eigenvalue weighted by Crippen LogP contribution is 2.38. The van der Waals surface area contributed by atoms with E-state index in [0.29, 0.717) is 28.7 Å². The first-order valence-electron chi connectivity index (χ1n) is 13.4. The maximum absolute atomic E-state index is 14.1. The van der Waals surface area contributed by atoms with Crippen LogP contribution in [0.5, 0.6) is 0 Å². The fraction of sp³-hybridized carbons (Fsp3) is 0.607. The molecular formula is C28H38N4O5S2. The van der Waals surface area contributed by atoms with Crippen LogP contribution in [0.1, 0.15) is 80.2 Å². The normalized spacial score (nSPS) is 22.4. The molecule has 2 fully saturated rings. The van der Waals surface area contributed by atoms with Gasteiger partial charge in [0.05, 0.1) is 16.6 Å². The van der Waals surface area contributed by atoms with E-state index in [1.807, 2.05) is 20.8 Å². The van der Waals surface area contributed by atoms with Gasteiger partial charge in [-0.3, -0.25) is 4.79 Å². The van der Waals surface area contributed by atoms with Gasteiger partial charge in [-0.25, -0.2) is 18.2 Å². The van der Waals surface area contributed by atoms with Crippen molar-refractivity contribution in [2.75, 3.05) is 18.0 Å². The van der Waals surface area contributed by atoms with Crippen molar-refractivity contribution in [1.29, 1.82) is 0 Å². The molecule has 0 spiro atoms. The number of sulfonamides is 1. The van der Waals surface area contributed by atoms with Crippen LogP contribution in [0.4, 0.5) is 5.69 Å². The second-order valence-electron chi connectivity index (χ2n) is 11.8. The maximum atomic E-state index is 14.1. The number of carboxylic acid groups (broad SMARTS) is 1. The van der Waals surface area contributed by atoms with E-state index in [1.54, 1.807) is 29.5 Å². The van der Waals surface area contributed by atoms with Gasteiger partial charge in [-0.1, -0.05) is 18.8 Å². The quantitative estimate of drug-likeness (QED) is 0.508. The lowest BCUT2D eigenvalue weighted by atomic mass is 9.82. The predicted molar refractivity (Wildman–Crippen MR) is 151 cm³/mol. The molecule has 1 aliphatic heterocycles. The van der Waals surface area contributed by atoms with Crippen molar-refractivity contribution >= 4 is 38.9 Å². The van der Waals surface area contributed by atoms with Crippen LogP contribution in [0.3, 0.4) is 0 Å². The molecule has 39 heavy (non-hydrogen) atoms. The molecule has 1 aliphatic carbocycles. The van der Waals surface area contributed by atoms with Crippen molar-refractivity contribution in [3.05, 3.63) is 27.8 Å². The second-order valence-corrected chi connectivity index (χ2v) is 14.8. The van der Waals surface area contributed by atoms with E-state index in [2.05, 4.69) is 23.7 Å². The van der Waals surface area contributed by atoms with Crippen LogP contribution >= 0.6 is 11.3 Å². The van der Waals surface area contributed by atoms with E-state index < -0.39 is 22.0 Å². The number of hydrogen-bond acceptors (Lipinski definition) is 6. The highest BCUT2D eigenvalue weighted by molar-refractivity contribution is 7.89. The molecule has 0 radical (unpaired) electrons. The zero-order chi connectivity index (χ0) is 28.7. The zero-order valence-electron chi connectivity index (χ0n) is 23.5. The third kappa shape index (κ3) is 6.39. The molecule has 1 atom stereocenters. The summed E-state index contributed by atoms with van der Waals surface area (Å²) in [7, 11) is -2.13. The van der Waals surface area contributed by atoms with Crippen LogP contribution in [0.25, 0.3) is 0 Å². The average Bonchev–Trinajstić information content (AvgIpc) is 3.58. The minimum atomic E-state index is -3.87. The Hall–Kier alpha value is -2.68. The van der Waals surface area contributed by atoms with Crippen molar-refractivity contribution in [1.82, 2.24) is 13.9 Å². The molecule has 1 saturated heterocycles. The number of nitrogens with zero attached hydrogens (tertiary/aromatic N) is 4. The van der Waals surface area contributed by atoms with Gasteiger partial charge >= 0.3 is 5.97 Å². The number of aromatic nitrogens is 2. The molecular weight excluding hydrogens is 536 g/mol. The molecule has 1 amide bonds. The molecule has 4 rings (SSSR count). The Balaban J connectivity index is 1.72. The minimum absolute atomic E-state index is 0.0243. The highest BCUT2D eigenvalue weighted by Gasteiger charge is 2.42. The molecule has 1 N–H and O–H groups in total. The fourth-order valence-electron chi connectivity index (χ4n) is 5.15. The number of amides is 1. The van der Waals surface area contributed by atoms with E-state index in [1.165, 1.54) is 10.5 Å². The second kappa shape index (κ2) is 11.1. The lowest BCUT2D eigenvalue weighted by Gasteiger charge is -2.34. The molecule has 2 aromatic rings. The van der Waals surface area contributed by atoms with E-state index in [4.69, 9.17) is 0 Å². The Kier molecular flexibility index (Phi) is 8.31. The summed E-state index contributed by atoms with van der Waals surface area (Å²) in [4.78, 5) is 32.8. The summed E-state index contributed by atoms with van der Waals surface area (Å²) in [6.07, 6.45) is 5.24. The molecule has 212 valence electrons. The monoisotopic (exact) mass is 574 g/mol. The number of carbonyl (C=O) groups is 2. The Morgan fingerprint density at radius 1 is 1.18 bits per heavy atom. The van der Waals surface area contributed by atoms with Crippen LogP contribution < -0.4 is 4.90 Å². The van der Waals surface area contributed by atoms with Gasteiger partial charge in [0.15, 0.2) is 5.03 Å². The summed E-state index contributed by atoms with van der Waals surface area (Å²) in [6, 6.07) is 1.20. The van der Waals surface area contributed by atoms with Gasteiger partial charge in [0.2, 0.25) is 5.91 Å². The van der Waals surface area contributed by atoms with Gasteiger partial charge in [-0.05, 0) is 71.8 Å². The van der Waals surface area contributed by atoms with Crippen molar-refractivity contribution in [3.63, 3.8) is 0 Å². The Morgan fingerprint density at radius 3 is 2.41 bits per heavy atom. The van der Waals surface area contributed by atoms with Gasteiger partial charge in [-0.2, -0.15) is 4.31 Å². The topological polar surface area (TPSA) is 113 Å². The molecule has 2 aliphatic rings. The lowest BCUT2D eigenvalue weighted by molar-refractivity contribution is -0.124. The van der Waals surface area contributed by atoms with Crippen LogP contribution in [-0.2, 0) is 21.9 Å². The molecule has 9 nitrogen and oxygen atoms in total. The predicted octanol–water partition coefficient (Wildman–Crippen LogP) is 4.51. The summed E-state index contributed by atoms with van der Waals surface area (Å²) >= 11 is 1.06. The van der Waals surface area contributed by atoms with Crippen LogP contribution in [0.2, 0.25) is 0 Å². The summed E-state index contributed by atoms with van der Waals surface area (Å²) in [6.45, 7) is 10.1. The number of aryl methyl sites for hydroxylation is 2. The van der Waals surface area contributed by atoms with Crippen molar-refractivity contribution in [3.8, 4) is 11.8 Å². The number of imidazole rings is 1. The van der Waals surface area contributed by atoms with E-state index >= 15 is 0 Å². The van der Waals surface area contributed by atoms with Crippen LogP contribution in [0.15, 0.2) is 17.3 Å². The largest absolute Gasteiger partial charge is 0.477 e. The van der Waals surface area contributed by atoms with Gasteiger partial charge in [0, 0.05) is 37.7 Å². The SMILES string of the molecule is Cc1nc(S(=O)(=O)N2CCC(N(C(=O)C3CCC(C)CC3)c3cc(C#CC(C)(C)C)sc3C(=O)O)C2)cn1C. The molecule has 3 heterocycles. The third-order valence-corrected chi connectivity index (χ3v) is 10.3. The fourth-order valence-corrected chi connectivity index (χ4v) is 7.51. The Morgan fingerprint density at radius 2 is 1.85 bits per heavy atom. The molecule has 1 saturated carbocycles.